The molecule has 0 aliphatic carbocycles. The molecular formula is C27H37BN2. The zero-order valence-corrected chi connectivity index (χ0v) is 20.5. The zero-order valence-electron chi connectivity index (χ0n) is 20.5. The van der Waals surface area contributed by atoms with E-state index in [-0.39, 0.29) is 17.5 Å². The molecule has 0 fully saturated rings. The molecule has 0 amide bonds. The molecular weight excluding hydrogens is 363 g/mol. The lowest BCUT2D eigenvalue weighted by molar-refractivity contribution is -0.284. The van der Waals surface area contributed by atoms with Gasteiger partial charge in [-0.2, -0.15) is 0 Å². The smallest absolute Gasteiger partial charge is 0.356 e. The quantitative estimate of drug-likeness (QED) is 0.460. The Morgan fingerprint density at radius 2 is 1.17 bits per heavy atom. The highest BCUT2D eigenvalue weighted by Crippen LogP contribution is 2.39. The second kappa shape index (κ2) is 7.76. The Hall–Kier alpha value is -2.29. The van der Waals surface area contributed by atoms with E-state index in [0.717, 1.165) is 5.69 Å². The maximum atomic E-state index is 5.45. The lowest BCUT2D eigenvalue weighted by Gasteiger charge is -2.29. The lowest BCUT2D eigenvalue weighted by Crippen LogP contribution is -2.31. The predicted molar refractivity (Wildman–Crippen MR) is 132 cm³/mol. The molecule has 1 aliphatic rings. The predicted octanol–water partition coefficient (Wildman–Crippen LogP) is 7.67. The largest absolute Gasteiger partial charge is 0.429 e. The Bertz CT molecular complexity index is 1050. The molecule has 30 heavy (non-hydrogen) atoms. The minimum atomic E-state index is -0.0428. The monoisotopic (exact) mass is 400 g/mol. The van der Waals surface area contributed by atoms with Gasteiger partial charge in [0.1, 0.15) is 5.69 Å². The molecule has 1 heterocycles. The molecule has 0 aromatic heterocycles. The number of hydrogen-bond acceptors (Lipinski definition) is 1. The van der Waals surface area contributed by atoms with Crippen molar-refractivity contribution in [3.63, 3.8) is 0 Å². The molecule has 0 radical (unpaired) electrons. The standard InChI is InChI=1S/C27H37BN2/c1-18-13-11-14-19(2)24(18)29-28-22(26(5,6)7)17-23(27(8,9)10)30(28)25-20(3)15-12-16-21(25)4/h11-17H,1-10H3. The second-order valence-electron chi connectivity index (χ2n) is 10.8. The minimum absolute atomic E-state index is 0.0102. The molecule has 158 valence electrons. The van der Waals surface area contributed by atoms with E-state index in [2.05, 4.69) is 116 Å². The van der Waals surface area contributed by atoms with Gasteiger partial charge in [-0.25, -0.2) is 0 Å². The van der Waals surface area contributed by atoms with Crippen molar-refractivity contribution in [1.29, 1.82) is 0 Å². The first-order chi connectivity index (χ1) is 13.8. The number of para-hydroxylation sites is 1. The van der Waals surface area contributed by atoms with Crippen molar-refractivity contribution in [2.75, 3.05) is 0 Å². The Balaban J connectivity index is 2.44. The van der Waals surface area contributed by atoms with E-state index in [4.69, 9.17) is 4.90 Å². The highest BCUT2D eigenvalue weighted by atomic mass is 15.0. The third kappa shape index (κ3) is 4.12. The number of rotatable bonds is 2. The first-order valence-electron chi connectivity index (χ1n) is 11.0. The fourth-order valence-corrected chi connectivity index (χ4v) is 4.43. The van der Waals surface area contributed by atoms with Crippen LogP contribution in [0.5, 0.6) is 0 Å². The van der Waals surface area contributed by atoms with Gasteiger partial charge in [-0.05, 0) is 55.4 Å². The van der Waals surface area contributed by atoms with Crippen molar-refractivity contribution in [2.24, 2.45) is 15.7 Å². The summed E-state index contributed by atoms with van der Waals surface area (Å²) in [6.45, 7) is 22.6. The lowest BCUT2D eigenvalue weighted by atomic mass is 9.63. The first kappa shape index (κ1) is 22.4. The van der Waals surface area contributed by atoms with Gasteiger partial charge in [0.15, 0.2) is 0 Å². The topological polar surface area (TPSA) is 15.4 Å². The molecule has 2 aromatic rings. The third-order valence-corrected chi connectivity index (χ3v) is 6.08. The van der Waals surface area contributed by atoms with Crippen LogP contribution >= 0.6 is 0 Å². The van der Waals surface area contributed by atoms with Gasteiger partial charge >= 0.3 is 6.64 Å². The Labute approximate surface area is 183 Å². The van der Waals surface area contributed by atoms with Gasteiger partial charge in [-0.15, -0.1) is 5.47 Å². The summed E-state index contributed by atoms with van der Waals surface area (Å²) >= 11 is 0. The van der Waals surface area contributed by atoms with Crippen molar-refractivity contribution in [1.82, 2.24) is 0 Å². The van der Waals surface area contributed by atoms with Gasteiger partial charge in [-0.1, -0.05) is 84.0 Å². The molecule has 0 saturated heterocycles. The van der Waals surface area contributed by atoms with Crippen molar-refractivity contribution in [2.45, 2.75) is 69.2 Å². The van der Waals surface area contributed by atoms with E-state index in [1.807, 2.05) is 0 Å². The summed E-state index contributed by atoms with van der Waals surface area (Å²) in [4.78, 5) is 5.45. The summed E-state index contributed by atoms with van der Waals surface area (Å²) in [5, 5.41) is 0. The van der Waals surface area contributed by atoms with Crippen LogP contribution in [0.2, 0.25) is 0 Å². The Morgan fingerprint density at radius 3 is 1.60 bits per heavy atom. The van der Waals surface area contributed by atoms with E-state index in [1.54, 1.807) is 0 Å². The molecule has 0 unspecified atom stereocenters. The molecule has 0 N–H and O–H groups in total. The van der Waals surface area contributed by atoms with Crippen molar-refractivity contribution in [3.05, 3.63) is 70.2 Å². The number of nitrogens with zero attached hydrogens (tertiary/aromatic N) is 2. The summed E-state index contributed by atoms with van der Waals surface area (Å²) in [6.07, 6.45) is 2.42. The van der Waals surface area contributed by atoms with Gasteiger partial charge in [0, 0.05) is 5.41 Å². The van der Waals surface area contributed by atoms with E-state index < -0.39 is 0 Å². The molecule has 3 rings (SSSR count). The summed E-state index contributed by atoms with van der Waals surface area (Å²) in [7, 11) is 0. The van der Waals surface area contributed by atoms with Gasteiger partial charge in [-0.3, -0.25) is 0 Å². The number of hydrogen-bond donors (Lipinski definition) is 0. The van der Waals surface area contributed by atoms with E-state index in [9.17, 15) is 0 Å². The fourth-order valence-electron chi connectivity index (χ4n) is 4.43. The van der Waals surface area contributed by atoms with Crippen LogP contribution in [0.3, 0.4) is 0 Å². The van der Waals surface area contributed by atoms with E-state index in [0.29, 0.717) is 0 Å². The summed E-state index contributed by atoms with van der Waals surface area (Å²) in [5.74, 6) is 0. The molecule has 0 spiro atoms. The molecule has 0 bridgehead atoms. The van der Waals surface area contributed by atoms with Crippen molar-refractivity contribution >= 4 is 23.7 Å². The average Bonchev–Trinajstić information content (AvgIpc) is 2.98. The van der Waals surface area contributed by atoms with Crippen LogP contribution in [0, 0.1) is 38.5 Å². The third-order valence-electron chi connectivity index (χ3n) is 6.08. The van der Waals surface area contributed by atoms with Gasteiger partial charge < -0.3 is 9.38 Å². The van der Waals surface area contributed by atoms with Crippen LogP contribution in [-0.4, -0.2) is 16.8 Å². The summed E-state index contributed by atoms with van der Waals surface area (Å²) in [5.41, 5.74) is 10.2. The molecule has 0 atom stereocenters. The van der Waals surface area contributed by atoms with Crippen LogP contribution in [0.1, 0.15) is 63.8 Å². The Kier molecular flexibility index (Phi) is 5.79. The molecule has 0 saturated carbocycles. The van der Waals surface area contributed by atoms with Crippen LogP contribution in [-0.2, 0) is 0 Å². The number of allylic oxidation sites excluding steroid dienone is 2. The molecule has 3 heteroatoms. The van der Waals surface area contributed by atoms with Gasteiger partial charge in [0.25, 0.3) is 0 Å². The van der Waals surface area contributed by atoms with Crippen molar-refractivity contribution < 1.29 is 4.49 Å². The number of aryl methyl sites for hydroxylation is 4. The average molecular weight is 400 g/mol. The van der Waals surface area contributed by atoms with E-state index >= 15 is 0 Å². The van der Waals surface area contributed by atoms with Crippen molar-refractivity contribution in [3.8, 4) is 0 Å². The van der Waals surface area contributed by atoms with Gasteiger partial charge in [0.2, 0.25) is 0 Å². The Morgan fingerprint density at radius 1 is 0.700 bits per heavy atom. The SMILES string of the molecule is Cc1cccc(C)c1N=[B-]1C(C(C)(C)C)=CC(C(C)(C)C)=[N+]1c1c(C)cccc1C. The first-order valence-corrected chi connectivity index (χ1v) is 11.0. The minimum Gasteiger partial charge on any atom is -0.429 e. The van der Waals surface area contributed by atoms with Crippen LogP contribution in [0.25, 0.3) is 0 Å². The molecule has 1 aliphatic heterocycles. The van der Waals surface area contributed by atoms with Crippen LogP contribution in [0.15, 0.2) is 52.8 Å². The maximum absolute atomic E-state index is 5.45. The maximum Gasteiger partial charge on any atom is 0.356 e. The summed E-state index contributed by atoms with van der Waals surface area (Å²) < 4.78 is 2.51. The normalized spacial score (nSPS) is 16.5. The summed E-state index contributed by atoms with van der Waals surface area (Å²) in [6, 6.07) is 13.0. The van der Waals surface area contributed by atoms with Crippen LogP contribution < -0.4 is 0 Å². The van der Waals surface area contributed by atoms with E-state index in [1.165, 1.54) is 39.1 Å². The highest BCUT2D eigenvalue weighted by molar-refractivity contribution is 6.53. The molecule has 2 nitrogen and oxygen atoms in total. The van der Waals surface area contributed by atoms with Crippen LogP contribution in [0.4, 0.5) is 11.4 Å². The molecule has 2 aromatic carbocycles. The number of benzene rings is 2. The highest BCUT2D eigenvalue weighted by Gasteiger charge is 2.35. The fraction of sp³-hybridized carbons (Fsp3) is 0.444. The zero-order chi connectivity index (χ0) is 22.4. The second-order valence-corrected chi connectivity index (χ2v) is 10.8. The van der Waals surface area contributed by atoms with Gasteiger partial charge in [0.05, 0.1) is 11.4 Å².